The lowest BCUT2D eigenvalue weighted by Crippen LogP contribution is -2.24. The molecule has 1 heterocycles. The fraction of sp³-hybridized carbons (Fsp3) is 0.744. The molecule has 0 unspecified atom stereocenters. The van der Waals surface area contributed by atoms with Crippen LogP contribution in [0.4, 0.5) is 4.79 Å². The molecule has 0 bridgehead atoms. The van der Waals surface area contributed by atoms with E-state index in [2.05, 4.69) is 34.7 Å². The van der Waals surface area contributed by atoms with Crippen LogP contribution in [0.25, 0.3) is 0 Å². The van der Waals surface area contributed by atoms with Crippen molar-refractivity contribution in [3.63, 3.8) is 0 Å². The van der Waals surface area contributed by atoms with E-state index >= 15 is 0 Å². The van der Waals surface area contributed by atoms with Crippen LogP contribution in [0.3, 0.4) is 0 Å². The number of carbonyl (C=O) groups excluding carboxylic acids is 1. The first-order valence-electron chi connectivity index (χ1n) is 20.2. The quantitative estimate of drug-likeness (QED) is 0.0271. The van der Waals surface area contributed by atoms with Crippen LogP contribution in [-0.2, 0) is 20.6 Å². The Kier molecular flexibility index (Phi) is 26.7. The van der Waals surface area contributed by atoms with Crippen LogP contribution in [0.15, 0.2) is 29.5 Å². The molecule has 302 valence electrons. The molecule has 0 fully saturated rings. The first kappa shape index (κ1) is 46.3. The zero-order chi connectivity index (χ0) is 38.2. The highest BCUT2D eigenvalue weighted by Gasteiger charge is 2.12. The van der Waals surface area contributed by atoms with Crippen molar-refractivity contribution in [2.75, 3.05) is 39.2 Å². The van der Waals surface area contributed by atoms with Gasteiger partial charge >= 0.3 is 13.6 Å². The molecule has 0 aliphatic heterocycles. The zero-order valence-electron chi connectivity index (χ0n) is 32.6. The summed E-state index contributed by atoms with van der Waals surface area (Å²) in [4.78, 5) is 30.3. The number of rotatable bonds is 34. The summed E-state index contributed by atoms with van der Waals surface area (Å²) in [5, 5.41) is 11.9. The average molecular weight is 766 g/mol. The third-order valence-corrected chi connectivity index (χ3v) is 9.47. The number of hydrogen-bond acceptors (Lipinski definition) is 9. The molecule has 1 amide bonds. The Morgan fingerprint density at radius 1 is 0.717 bits per heavy atom. The average Bonchev–Trinajstić information content (AvgIpc) is 3.61. The predicted octanol–water partition coefficient (Wildman–Crippen LogP) is 9.18. The van der Waals surface area contributed by atoms with Gasteiger partial charge in [-0.15, -0.1) is 5.10 Å². The van der Waals surface area contributed by atoms with Crippen molar-refractivity contribution in [1.82, 2.24) is 20.4 Å². The SMILES string of the molecule is CCCCCCCCCCCCOc1cc(/C=N/NC(=O)n2cc(COCCOCCP(=O)(O)O)nn2)cc(OCCCCCCCCCCCC)c1. The second-order valence-corrected chi connectivity index (χ2v) is 15.5. The molecule has 0 radical (unpaired) electrons. The van der Waals surface area contributed by atoms with Crippen molar-refractivity contribution in [3.8, 4) is 11.5 Å². The maximum Gasteiger partial charge on any atom is 0.363 e. The van der Waals surface area contributed by atoms with Crippen LogP contribution in [0.1, 0.15) is 154 Å². The van der Waals surface area contributed by atoms with Gasteiger partial charge in [0.2, 0.25) is 0 Å². The van der Waals surface area contributed by atoms with E-state index in [0.29, 0.717) is 30.4 Å². The zero-order valence-corrected chi connectivity index (χ0v) is 33.5. The van der Waals surface area contributed by atoms with E-state index in [1.54, 1.807) is 6.21 Å². The Balaban J connectivity index is 1.80. The van der Waals surface area contributed by atoms with Gasteiger partial charge < -0.3 is 28.7 Å². The molecule has 2 rings (SSSR count). The van der Waals surface area contributed by atoms with Gasteiger partial charge in [-0.25, -0.2) is 10.2 Å². The number of carbonyl (C=O) groups is 1. The molecular formula is C39H68N5O8P. The Labute approximate surface area is 318 Å². The highest BCUT2D eigenvalue weighted by Crippen LogP contribution is 2.33. The fourth-order valence-corrected chi connectivity index (χ4v) is 6.02. The van der Waals surface area contributed by atoms with Gasteiger partial charge in [0.15, 0.2) is 0 Å². The smallest absolute Gasteiger partial charge is 0.363 e. The van der Waals surface area contributed by atoms with E-state index in [1.165, 1.54) is 109 Å². The molecule has 0 saturated heterocycles. The molecule has 0 atom stereocenters. The van der Waals surface area contributed by atoms with Crippen LogP contribution >= 0.6 is 7.60 Å². The summed E-state index contributed by atoms with van der Waals surface area (Å²) < 4.78 is 34.7. The van der Waals surface area contributed by atoms with Crippen molar-refractivity contribution >= 4 is 19.8 Å². The summed E-state index contributed by atoms with van der Waals surface area (Å²) in [5.74, 6) is 1.42. The number of hydrazone groups is 1. The van der Waals surface area contributed by atoms with E-state index in [0.717, 1.165) is 35.9 Å². The number of ether oxygens (including phenoxy) is 4. The molecule has 0 saturated carbocycles. The van der Waals surface area contributed by atoms with E-state index in [-0.39, 0.29) is 32.6 Å². The summed E-state index contributed by atoms with van der Waals surface area (Å²) in [5.41, 5.74) is 3.63. The van der Waals surface area contributed by atoms with Crippen LogP contribution in [0, 0.1) is 0 Å². The summed E-state index contributed by atoms with van der Waals surface area (Å²) in [6.45, 7) is 6.16. The van der Waals surface area contributed by atoms with E-state index in [1.807, 2.05) is 18.2 Å². The van der Waals surface area contributed by atoms with Crippen molar-refractivity contribution in [3.05, 3.63) is 35.7 Å². The molecule has 14 heteroatoms. The molecule has 1 aromatic heterocycles. The van der Waals surface area contributed by atoms with Crippen LogP contribution in [0.2, 0.25) is 0 Å². The number of unbranched alkanes of at least 4 members (excludes halogenated alkanes) is 18. The monoisotopic (exact) mass is 765 g/mol. The second kappa shape index (κ2) is 30.5. The van der Waals surface area contributed by atoms with E-state index in [4.69, 9.17) is 28.7 Å². The van der Waals surface area contributed by atoms with Crippen molar-refractivity contribution < 1.29 is 38.1 Å². The largest absolute Gasteiger partial charge is 0.493 e. The van der Waals surface area contributed by atoms with Gasteiger partial charge in [0.25, 0.3) is 0 Å². The molecule has 0 aliphatic carbocycles. The van der Waals surface area contributed by atoms with Gasteiger partial charge in [-0.05, 0) is 25.0 Å². The van der Waals surface area contributed by atoms with Crippen LogP contribution in [0.5, 0.6) is 11.5 Å². The maximum absolute atomic E-state index is 12.6. The van der Waals surface area contributed by atoms with Crippen LogP contribution in [-0.4, -0.2) is 76.2 Å². The van der Waals surface area contributed by atoms with E-state index < -0.39 is 13.6 Å². The van der Waals surface area contributed by atoms with Gasteiger partial charge in [0.05, 0.1) is 58.2 Å². The number of nitrogens with one attached hydrogen (secondary N) is 1. The van der Waals surface area contributed by atoms with Gasteiger partial charge in [-0.3, -0.25) is 4.57 Å². The molecule has 53 heavy (non-hydrogen) atoms. The fourth-order valence-electron chi connectivity index (χ4n) is 5.65. The van der Waals surface area contributed by atoms with Gasteiger partial charge in [-0.2, -0.15) is 9.78 Å². The second-order valence-electron chi connectivity index (χ2n) is 13.7. The Morgan fingerprint density at radius 3 is 1.72 bits per heavy atom. The third kappa shape index (κ3) is 25.8. The highest BCUT2D eigenvalue weighted by atomic mass is 31.2. The molecule has 3 N–H and O–H groups in total. The van der Waals surface area contributed by atoms with Gasteiger partial charge in [-0.1, -0.05) is 135 Å². The molecular weight excluding hydrogens is 697 g/mol. The lowest BCUT2D eigenvalue weighted by atomic mass is 10.1. The minimum absolute atomic E-state index is 0.0606. The van der Waals surface area contributed by atoms with Crippen LogP contribution < -0.4 is 14.9 Å². The molecule has 13 nitrogen and oxygen atoms in total. The molecule has 0 aliphatic rings. The number of aromatic nitrogens is 3. The number of benzene rings is 1. The molecule has 1 aromatic carbocycles. The number of hydrogen-bond donors (Lipinski definition) is 3. The lowest BCUT2D eigenvalue weighted by Gasteiger charge is -2.11. The third-order valence-electron chi connectivity index (χ3n) is 8.71. The summed E-state index contributed by atoms with van der Waals surface area (Å²) >= 11 is 0. The Hall–Kier alpha value is -2.83. The van der Waals surface area contributed by atoms with Crippen molar-refractivity contribution in [2.24, 2.45) is 5.10 Å². The summed E-state index contributed by atoms with van der Waals surface area (Å²) in [6, 6.07) is 5.11. The van der Waals surface area contributed by atoms with Gasteiger partial charge in [0.1, 0.15) is 17.2 Å². The number of nitrogens with zero attached hydrogens (tertiary/aromatic N) is 4. The summed E-state index contributed by atoms with van der Waals surface area (Å²) in [6.07, 6.45) is 28.0. The van der Waals surface area contributed by atoms with Gasteiger partial charge in [0, 0.05) is 11.6 Å². The Morgan fingerprint density at radius 2 is 1.21 bits per heavy atom. The topological polar surface area (TPSA) is 167 Å². The molecule has 0 spiro atoms. The minimum Gasteiger partial charge on any atom is -0.493 e. The number of amides is 1. The summed E-state index contributed by atoms with van der Waals surface area (Å²) in [7, 11) is -4.08. The van der Waals surface area contributed by atoms with E-state index in [9.17, 15) is 9.36 Å². The first-order valence-corrected chi connectivity index (χ1v) is 22.0. The van der Waals surface area contributed by atoms with Crippen molar-refractivity contribution in [2.45, 2.75) is 149 Å². The molecule has 2 aromatic rings. The standard InChI is InChI=1S/C39H68N5O8P/c1-3-5-7-9-11-13-15-17-19-21-23-51-37-29-35(30-38(31-37)52-24-22-20-18-16-14-12-10-8-6-4-2)32-40-42-39(45)44-33-36(41-43-44)34-50-26-25-49-27-28-53(46,47)48/h29-33H,3-28,34H2,1-2H3,(H,42,45)(H2,46,47,48)/b40-32+. The highest BCUT2D eigenvalue weighted by molar-refractivity contribution is 7.51. The first-order chi connectivity index (χ1) is 25.8. The lowest BCUT2D eigenvalue weighted by molar-refractivity contribution is 0.0438. The predicted molar refractivity (Wildman–Crippen MR) is 210 cm³/mol. The maximum atomic E-state index is 12.6. The normalized spacial score (nSPS) is 11.8. The Bertz CT molecular complexity index is 1240. The minimum atomic E-state index is -4.08. The van der Waals surface area contributed by atoms with Crippen molar-refractivity contribution in [1.29, 1.82) is 0 Å².